The molecule has 3 rings (SSSR count). The van der Waals surface area contributed by atoms with Gasteiger partial charge in [-0.15, -0.1) is 0 Å². The molecule has 2 aromatic carbocycles. The predicted molar refractivity (Wildman–Crippen MR) is 85.2 cm³/mol. The smallest absolute Gasteiger partial charge is 0.335 e. The lowest BCUT2D eigenvalue weighted by Gasteiger charge is -2.09. The average molecular weight is 345 g/mol. The fraction of sp³-hybridized carbons (Fsp3) is 0.125. The van der Waals surface area contributed by atoms with Gasteiger partial charge in [0, 0.05) is 10.2 Å². The molecule has 4 nitrogen and oxygen atoms in total. The van der Waals surface area contributed by atoms with Crippen LogP contribution in [0, 0.1) is 13.8 Å². The van der Waals surface area contributed by atoms with Crippen molar-refractivity contribution in [2.24, 2.45) is 0 Å². The van der Waals surface area contributed by atoms with Gasteiger partial charge in [0.15, 0.2) is 0 Å². The summed E-state index contributed by atoms with van der Waals surface area (Å²) in [6.07, 6.45) is 0. The molecule has 1 aromatic heterocycles. The number of nitrogens with zero attached hydrogens (tertiary/aromatic N) is 2. The summed E-state index contributed by atoms with van der Waals surface area (Å²) in [7, 11) is 0. The number of carboxylic acid groups (broad SMARTS) is 1. The van der Waals surface area contributed by atoms with Crippen molar-refractivity contribution in [2.45, 2.75) is 13.8 Å². The Hall–Kier alpha value is -2.14. The molecule has 0 spiro atoms. The van der Waals surface area contributed by atoms with Crippen LogP contribution in [0.25, 0.3) is 16.7 Å². The van der Waals surface area contributed by atoms with Crippen molar-refractivity contribution < 1.29 is 9.90 Å². The minimum absolute atomic E-state index is 0.260. The predicted octanol–water partition coefficient (Wildman–Crippen LogP) is 4.10. The van der Waals surface area contributed by atoms with Gasteiger partial charge < -0.3 is 5.11 Å². The average Bonchev–Trinajstić information content (AvgIpc) is 2.72. The quantitative estimate of drug-likeness (QED) is 0.761. The molecule has 0 radical (unpaired) electrons. The Morgan fingerprint density at radius 3 is 2.62 bits per heavy atom. The molecular weight excluding hydrogens is 332 g/mol. The first-order chi connectivity index (χ1) is 9.95. The summed E-state index contributed by atoms with van der Waals surface area (Å²) in [5.74, 6) is -0.113. The van der Waals surface area contributed by atoms with Crippen LogP contribution in [0.1, 0.15) is 21.7 Å². The van der Waals surface area contributed by atoms with Crippen molar-refractivity contribution in [1.29, 1.82) is 0 Å². The maximum absolute atomic E-state index is 11.2. The third kappa shape index (κ3) is 2.45. The normalized spacial score (nSPS) is 11.0. The molecule has 106 valence electrons. The summed E-state index contributed by atoms with van der Waals surface area (Å²) in [5.41, 5.74) is 3.93. The standard InChI is InChI=1S/C16H13BrN2O2/c1-9-5-12(17)8-13(6-9)19-10(2)18-14-4-3-11(16(20)21)7-15(14)19/h3-8H,1-2H3,(H,20,21). The molecular formula is C16H13BrN2O2. The molecule has 0 aliphatic heterocycles. The second-order valence-corrected chi connectivity index (χ2v) is 5.91. The van der Waals surface area contributed by atoms with Crippen molar-refractivity contribution in [3.8, 4) is 5.69 Å². The van der Waals surface area contributed by atoms with Gasteiger partial charge >= 0.3 is 5.97 Å². The van der Waals surface area contributed by atoms with Gasteiger partial charge in [-0.2, -0.15) is 0 Å². The number of carboxylic acids is 1. The van der Waals surface area contributed by atoms with Gasteiger partial charge in [-0.25, -0.2) is 9.78 Å². The summed E-state index contributed by atoms with van der Waals surface area (Å²) in [4.78, 5) is 15.7. The molecule has 21 heavy (non-hydrogen) atoms. The van der Waals surface area contributed by atoms with Crippen molar-refractivity contribution in [2.75, 3.05) is 0 Å². The lowest BCUT2D eigenvalue weighted by molar-refractivity contribution is 0.0697. The molecule has 0 unspecified atom stereocenters. The number of aromatic nitrogens is 2. The van der Waals surface area contributed by atoms with E-state index in [0.29, 0.717) is 0 Å². The van der Waals surface area contributed by atoms with E-state index in [2.05, 4.69) is 20.9 Å². The van der Waals surface area contributed by atoms with E-state index in [1.165, 1.54) is 0 Å². The number of aryl methyl sites for hydroxylation is 2. The largest absolute Gasteiger partial charge is 0.478 e. The Bertz CT molecular complexity index is 848. The Morgan fingerprint density at radius 2 is 1.95 bits per heavy atom. The molecule has 0 saturated carbocycles. The Labute approximate surface area is 130 Å². The van der Waals surface area contributed by atoms with Crippen LogP contribution in [0.5, 0.6) is 0 Å². The van der Waals surface area contributed by atoms with Crippen LogP contribution in [0.15, 0.2) is 40.9 Å². The molecule has 0 bridgehead atoms. The maximum atomic E-state index is 11.2. The van der Waals surface area contributed by atoms with Gasteiger partial charge in [-0.1, -0.05) is 15.9 Å². The van der Waals surface area contributed by atoms with E-state index >= 15 is 0 Å². The maximum Gasteiger partial charge on any atom is 0.335 e. The molecule has 0 aliphatic carbocycles. The molecule has 0 atom stereocenters. The third-order valence-electron chi connectivity index (χ3n) is 3.35. The van der Waals surface area contributed by atoms with E-state index in [-0.39, 0.29) is 5.56 Å². The van der Waals surface area contributed by atoms with E-state index in [1.807, 2.05) is 36.6 Å². The highest BCUT2D eigenvalue weighted by Gasteiger charge is 2.12. The monoisotopic (exact) mass is 344 g/mol. The SMILES string of the molecule is Cc1cc(Br)cc(-n2c(C)nc3ccc(C(=O)O)cc32)c1. The number of fused-ring (bicyclic) bond motifs is 1. The zero-order valence-electron chi connectivity index (χ0n) is 11.6. The number of hydrogen-bond donors (Lipinski definition) is 1. The number of carbonyl (C=O) groups is 1. The first kappa shape index (κ1) is 13.8. The second kappa shape index (κ2) is 5.00. The van der Waals surface area contributed by atoms with E-state index in [1.54, 1.807) is 18.2 Å². The number of halogens is 1. The van der Waals surface area contributed by atoms with Crippen LogP contribution in [0.2, 0.25) is 0 Å². The van der Waals surface area contributed by atoms with Crippen LogP contribution in [-0.2, 0) is 0 Å². The van der Waals surface area contributed by atoms with E-state index < -0.39 is 5.97 Å². The van der Waals surface area contributed by atoms with Crippen LogP contribution >= 0.6 is 15.9 Å². The third-order valence-corrected chi connectivity index (χ3v) is 3.81. The van der Waals surface area contributed by atoms with Gasteiger partial charge in [0.1, 0.15) is 5.82 Å². The molecule has 0 fully saturated rings. The topological polar surface area (TPSA) is 55.1 Å². The number of rotatable bonds is 2. The Balaban J connectivity index is 2.32. The molecule has 1 heterocycles. The van der Waals surface area contributed by atoms with E-state index in [4.69, 9.17) is 5.11 Å². The van der Waals surface area contributed by atoms with Gasteiger partial charge in [0.25, 0.3) is 0 Å². The van der Waals surface area contributed by atoms with E-state index in [0.717, 1.165) is 32.6 Å². The Kier molecular flexibility index (Phi) is 3.29. The number of aromatic carboxylic acids is 1. The zero-order valence-corrected chi connectivity index (χ0v) is 13.2. The van der Waals surface area contributed by atoms with Gasteiger partial charge in [0.05, 0.1) is 16.6 Å². The minimum atomic E-state index is -0.937. The summed E-state index contributed by atoms with van der Waals surface area (Å²) in [6.45, 7) is 3.93. The molecule has 5 heteroatoms. The summed E-state index contributed by atoms with van der Waals surface area (Å²) in [6, 6.07) is 11.1. The highest BCUT2D eigenvalue weighted by atomic mass is 79.9. The lowest BCUT2D eigenvalue weighted by atomic mass is 10.2. The zero-order chi connectivity index (χ0) is 15.1. The minimum Gasteiger partial charge on any atom is -0.478 e. The molecule has 3 aromatic rings. The van der Waals surface area contributed by atoms with Crippen LogP contribution in [0.4, 0.5) is 0 Å². The van der Waals surface area contributed by atoms with Gasteiger partial charge in [-0.05, 0) is 55.8 Å². The summed E-state index contributed by atoms with van der Waals surface area (Å²) >= 11 is 3.50. The lowest BCUT2D eigenvalue weighted by Crippen LogP contribution is -2.00. The molecule has 0 aliphatic rings. The van der Waals surface area contributed by atoms with Crippen molar-refractivity contribution in [1.82, 2.24) is 9.55 Å². The van der Waals surface area contributed by atoms with Crippen LogP contribution in [-0.4, -0.2) is 20.6 Å². The van der Waals surface area contributed by atoms with Crippen LogP contribution < -0.4 is 0 Å². The van der Waals surface area contributed by atoms with Gasteiger partial charge in [-0.3, -0.25) is 4.57 Å². The van der Waals surface area contributed by atoms with Gasteiger partial charge in [0.2, 0.25) is 0 Å². The molecule has 0 amide bonds. The van der Waals surface area contributed by atoms with Crippen molar-refractivity contribution in [3.05, 3.63) is 57.8 Å². The highest BCUT2D eigenvalue weighted by molar-refractivity contribution is 9.10. The number of hydrogen-bond acceptors (Lipinski definition) is 2. The van der Waals surface area contributed by atoms with Crippen LogP contribution in [0.3, 0.4) is 0 Å². The molecule has 1 N–H and O–H groups in total. The summed E-state index contributed by atoms with van der Waals surface area (Å²) < 4.78 is 2.95. The van der Waals surface area contributed by atoms with Crippen molar-refractivity contribution >= 4 is 32.9 Å². The highest BCUT2D eigenvalue weighted by Crippen LogP contribution is 2.25. The second-order valence-electron chi connectivity index (χ2n) is 4.99. The van der Waals surface area contributed by atoms with Crippen molar-refractivity contribution in [3.63, 3.8) is 0 Å². The summed E-state index contributed by atoms with van der Waals surface area (Å²) in [5, 5.41) is 9.16. The fourth-order valence-corrected chi connectivity index (χ4v) is 3.10. The first-order valence-electron chi connectivity index (χ1n) is 6.45. The fourth-order valence-electron chi connectivity index (χ4n) is 2.50. The van der Waals surface area contributed by atoms with E-state index in [9.17, 15) is 4.79 Å². The number of benzene rings is 2. The number of imidazole rings is 1. The Morgan fingerprint density at radius 1 is 1.19 bits per heavy atom. The first-order valence-corrected chi connectivity index (χ1v) is 7.25. The molecule has 0 saturated heterocycles.